The quantitative estimate of drug-likeness (QED) is 0.124. The minimum absolute atomic E-state index is 0. The highest BCUT2D eigenvalue weighted by Gasteiger charge is 2.23. The molecule has 1 N–H and O–H groups in total. The van der Waals surface area contributed by atoms with Crippen LogP contribution >= 0.6 is 0 Å². The van der Waals surface area contributed by atoms with Gasteiger partial charge in [0.05, 0.1) is 11.7 Å². The molecule has 3 atom stereocenters. The highest BCUT2D eigenvalue weighted by molar-refractivity contribution is 5.89. The highest BCUT2D eigenvalue weighted by atomic mass is 16.7. The predicted octanol–water partition coefficient (Wildman–Crippen LogP) is 7.87. The van der Waals surface area contributed by atoms with Crippen molar-refractivity contribution in [2.75, 3.05) is 6.79 Å². The highest BCUT2D eigenvalue weighted by Crippen LogP contribution is 2.18. The molecule has 37 heavy (non-hydrogen) atoms. The monoisotopic (exact) mass is 536 g/mol. The standard InChI is InChI=1S/C21H28O8.8CH4/c1-5-17(23)12-19(11-14(3)28-15(4)22)29-21(25)16-7-9-18(10-8-16)26-13-27-20(24)6-2;;;;;;;;/h6-10,14,17,19,23H,2,5,11-13H2,1,3-4H3;8*1H4. The molecule has 0 spiro atoms. The molecule has 3 unspecified atom stereocenters. The van der Waals surface area contributed by atoms with Gasteiger partial charge < -0.3 is 24.1 Å². The zero-order chi connectivity index (χ0) is 21.8. The van der Waals surface area contributed by atoms with E-state index in [2.05, 4.69) is 6.58 Å². The Balaban J connectivity index is -0.000000175. The minimum atomic E-state index is -0.633. The lowest BCUT2D eigenvalue weighted by molar-refractivity contribution is -0.147. The van der Waals surface area contributed by atoms with Crippen LogP contribution in [0.5, 0.6) is 5.75 Å². The molecule has 0 aliphatic carbocycles. The molecular formula is C29H60O8. The van der Waals surface area contributed by atoms with Gasteiger partial charge in [-0.1, -0.05) is 72.9 Å². The molecule has 0 radical (unpaired) electrons. The van der Waals surface area contributed by atoms with Crippen LogP contribution in [0.1, 0.15) is 110 Å². The summed E-state index contributed by atoms with van der Waals surface area (Å²) >= 11 is 0. The molecule has 8 nitrogen and oxygen atoms in total. The predicted molar refractivity (Wildman–Crippen MR) is 158 cm³/mol. The first-order valence-corrected chi connectivity index (χ1v) is 9.33. The molecule has 0 aliphatic heterocycles. The Labute approximate surface area is 229 Å². The molecule has 0 aromatic heterocycles. The van der Waals surface area contributed by atoms with Crippen molar-refractivity contribution in [2.45, 2.75) is 118 Å². The molecule has 0 fully saturated rings. The average molecular weight is 537 g/mol. The van der Waals surface area contributed by atoms with Crippen molar-refractivity contribution in [1.29, 1.82) is 0 Å². The third kappa shape index (κ3) is 23.3. The summed E-state index contributed by atoms with van der Waals surface area (Å²) in [5.41, 5.74) is 0.288. The Bertz CT molecular complexity index is 686. The summed E-state index contributed by atoms with van der Waals surface area (Å²) in [5.74, 6) is -1.20. The van der Waals surface area contributed by atoms with Gasteiger partial charge in [0, 0.05) is 25.8 Å². The van der Waals surface area contributed by atoms with E-state index in [0.717, 1.165) is 6.08 Å². The van der Waals surface area contributed by atoms with Gasteiger partial charge in [-0.25, -0.2) is 9.59 Å². The number of aliphatic hydroxyl groups is 1. The van der Waals surface area contributed by atoms with Gasteiger partial charge in [-0.3, -0.25) is 4.79 Å². The molecule has 0 bridgehead atoms. The van der Waals surface area contributed by atoms with E-state index < -0.39 is 36.2 Å². The largest absolute Gasteiger partial charge is 0.463 e. The Hall–Kier alpha value is -2.87. The van der Waals surface area contributed by atoms with Crippen LogP contribution in [0.4, 0.5) is 0 Å². The van der Waals surface area contributed by atoms with Crippen molar-refractivity contribution in [2.24, 2.45) is 0 Å². The second kappa shape index (κ2) is 29.4. The summed E-state index contributed by atoms with van der Waals surface area (Å²) < 4.78 is 20.5. The van der Waals surface area contributed by atoms with Crippen LogP contribution in [-0.4, -0.2) is 48.1 Å². The Morgan fingerprint density at radius 3 is 1.86 bits per heavy atom. The molecule has 224 valence electrons. The van der Waals surface area contributed by atoms with E-state index in [4.69, 9.17) is 18.9 Å². The van der Waals surface area contributed by atoms with Crippen molar-refractivity contribution in [3.8, 4) is 5.75 Å². The maximum atomic E-state index is 12.4. The van der Waals surface area contributed by atoms with Crippen LogP contribution < -0.4 is 4.74 Å². The van der Waals surface area contributed by atoms with Gasteiger partial charge >= 0.3 is 17.9 Å². The molecule has 1 aromatic carbocycles. The second-order valence-corrected chi connectivity index (χ2v) is 6.43. The summed E-state index contributed by atoms with van der Waals surface area (Å²) in [5, 5.41) is 9.92. The molecule has 0 aliphatic rings. The molecule has 0 amide bonds. The first-order valence-electron chi connectivity index (χ1n) is 9.33. The minimum Gasteiger partial charge on any atom is -0.463 e. The van der Waals surface area contributed by atoms with Crippen molar-refractivity contribution < 1.29 is 38.4 Å². The van der Waals surface area contributed by atoms with E-state index in [9.17, 15) is 19.5 Å². The SMILES string of the molecule is C.C.C.C.C.C.C.C.C=CC(=O)OCOc1ccc(C(=O)OC(CC(O)CC)CC(C)OC(C)=O)cc1. The topological polar surface area (TPSA) is 108 Å². The second-order valence-electron chi connectivity index (χ2n) is 6.43. The van der Waals surface area contributed by atoms with Crippen LogP contribution in [0, 0.1) is 0 Å². The molecule has 1 aromatic rings. The van der Waals surface area contributed by atoms with Crippen LogP contribution in [0.3, 0.4) is 0 Å². The number of carbonyl (C=O) groups is 3. The van der Waals surface area contributed by atoms with Crippen molar-refractivity contribution >= 4 is 17.9 Å². The third-order valence-electron chi connectivity index (χ3n) is 3.93. The number of hydrogen-bond acceptors (Lipinski definition) is 8. The fourth-order valence-corrected chi connectivity index (χ4v) is 2.49. The number of ether oxygens (including phenoxy) is 4. The summed E-state index contributed by atoms with van der Waals surface area (Å²) in [6, 6.07) is 6.09. The maximum absolute atomic E-state index is 12.4. The summed E-state index contributed by atoms with van der Waals surface area (Å²) in [6.45, 7) is 7.83. The van der Waals surface area contributed by atoms with Crippen molar-refractivity contribution in [1.82, 2.24) is 0 Å². The van der Waals surface area contributed by atoms with Crippen molar-refractivity contribution in [3.05, 3.63) is 42.5 Å². The fraction of sp³-hybridized carbons (Fsp3) is 0.621. The summed E-state index contributed by atoms with van der Waals surface area (Å²) in [6.07, 6.45) is 0.354. The van der Waals surface area contributed by atoms with E-state index in [1.54, 1.807) is 6.92 Å². The molecule has 1 rings (SSSR count). The average Bonchev–Trinajstić information content (AvgIpc) is 2.67. The lowest BCUT2D eigenvalue weighted by atomic mass is 10.0. The van der Waals surface area contributed by atoms with Gasteiger partial charge in [-0.15, -0.1) is 0 Å². The number of carbonyl (C=O) groups excluding carboxylic acids is 3. The Morgan fingerprint density at radius 2 is 1.43 bits per heavy atom. The lowest BCUT2D eigenvalue weighted by Crippen LogP contribution is -2.28. The maximum Gasteiger partial charge on any atom is 0.338 e. The Kier molecular flexibility index (Phi) is 43.5. The van der Waals surface area contributed by atoms with Crippen LogP contribution in [-0.2, 0) is 23.8 Å². The number of aliphatic hydroxyl groups excluding tert-OH is 1. The van der Waals surface area contributed by atoms with Crippen LogP contribution in [0.2, 0.25) is 0 Å². The van der Waals surface area contributed by atoms with E-state index in [1.807, 2.05) is 6.92 Å². The lowest BCUT2D eigenvalue weighted by Gasteiger charge is -2.23. The van der Waals surface area contributed by atoms with Gasteiger partial charge in [0.1, 0.15) is 18.0 Å². The van der Waals surface area contributed by atoms with E-state index >= 15 is 0 Å². The van der Waals surface area contributed by atoms with E-state index in [0.29, 0.717) is 12.2 Å². The Morgan fingerprint density at radius 1 is 0.919 bits per heavy atom. The smallest absolute Gasteiger partial charge is 0.338 e. The zero-order valence-electron chi connectivity index (χ0n) is 17.0. The number of esters is 3. The fourth-order valence-electron chi connectivity index (χ4n) is 2.49. The summed E-state index contributed by atoms with van der Waals surface area (Å²) in [7, 11) is 0. The van der Waals surface area contributed by atoms with Gasteiger partial charge in [0.25, 0.3) is 0 Å². The normalized spacial score (nSPS) is 10.6. The number of hydrogen-bond donors (Lipinski definition) is 1. The first-order chi connectivity index (χ1) is 13.7. The molecule has 0 heterocycles. The molecule has 0 saturated heterocycles. The third-order valence-corrected chi connectivity index (χ3v) is 3.93. The van der Waals surface area contributed by atoms with Crippen molar-refractivity contribution in [3.63, 3.8) is 0 Å². The van der Waals surface area contributed by atoms with Crippen LogP contribution in [0.25, 0.3) is 0 Å². The zero-order valence-corrected chi connectivity index (χ0v) is 17.0. The first kappa shape index (κ1) is 54.9. The van der Waals surface area contributed by atoms with Gasteiger partial charge in [0.15, 0.2) is 0 Å². The van der Waals surface area contributed by atoms with E-state index in [1.165, 1.54) is 31.2 Å². The van der Waals surface area contributed by atoms with Crippen LogP contribution in [0.15, 0.2) is 36.9 Å². The van der Waals surface area contributed by atoms with Gasteiger partial charge in [-0.2, -0.15) is 0 Å². The summed E-state index contributed by atoms with van der Waals surface area (Å²) in [4.78, 5) is 34.5. The number of benzene rings is 1. The molecule has 8 heteroatoms. The van der Waals surface area contributed by atoms with Gasteiger partial charge in [0.2, 0.25) is 6.79 Å². The van der Waals surface area contributed by atoms with Gasteiger partial charge in [-0.05, 0) is 37.6 Å². The van der Waals surface area contributed by atoms with E-state index in [-0.39, 0.29) is 84.6 Å². The molecular weight excluding hydrogens is 476 g/mol. The number of rotatable bonds is 12. The molecule has 0 saturated carbocycles.